The van der Waals surface area contributed by atoms with Crippen molar-refractivity contribution in [3.63, 3.8) is 0 Å². The van der Waals surface area contributed by atoms with E-state index in [9.17, 15) is 19.7 Å². The molecule has 0 saturated carbocycles. The second-order valence-corrected chi connectivity index (χ2v) is 5.05. The maximum atomic E-state index is 11.1. The van der Waals surface area contributed by atoms with Gasteiger partial charge < -0.3 is 5.11 Å². The second-order valence-electron chi connectivity index (χ2n) is 4.65. The third kappa shape index (κ3) is 5.15. The van der Waals surface area contributed by atoms with Gasteiger partial charge in [-0.15, -0.1) is 0 Å². The monoisotopic (exact) mass is 313 g/mol. The number of hydrogen-bond acceptors (Lipinski definition) is 4. The van der Waals surface area contributed by atoms with Gasteiger partial charge in [0.05, 0.1) is 15.5 Å². The zero-order chi connectivity index (χ0) is 15.8. The highest BCUT2D eigenvalue weighted by Crippen LogP contribution is 2.31. The molecule has 0 fully saturated rings. The minimum atomic E-state index is -0.827. The Kier molecular flexibility index (Phi) is 6.81. The number of carbonyl (C=O) groups is 2. The molecule has 1 N–H and O–H groups in total. The molecular formula is C14H16ClNO5. The van der Waals surface area contributed by atoms with Gasteiger partial charge in [0.2, 0.25) is 0 Å². The Balaban J connectivity index is 2.68. The van der Waals surface area contributed by atoms with Gasteiger partial charge in [0.25, 0.3) is 5.69 Å². The van der Waals surface area contributed by atoms with Crippen LogP contribution in [0.2, 0.25) is 5.02 Å². The maximum Gasteiger partial charge on any atom is 0.303 e. The van der Waals surface area contributed by atoms with Gasteiger partial charge in [-0.2, -0.15) is 0 Å². The van der Waals surface area contributed by atoms with Crippen LogP contribution in [-0.4, -0.2) is 22.3 Å². The molecule has 1 aromatic carbocycles. The molecule has 0 unspecified atom stereocenters. The van der Waals surface area contributed by atoms with Crippen molar-refractivity contribution in [2.24, 2.45) is 0 Å². The van der Waals surface area contributed by atoms with Crippen LogP contribution in [-0.2, 0) is 11.2 Å². The molecule has 21 heavy (non-hydrogen) atoms. The first kappa shape index (κ1) is 17.1. The largest absolute Gasteiger partial charge is 0.481 e. The Morgan fingerprint density at radius 3 is 2.52 bits per heavy atom. The van der Waals surface area contributed by atoms with Crippen molar-refractivity contribution in [3.05, 3.63) is 38.4 Å². The van der Waals surface area contributed by atoms with Gasteiger partial charge >= 0.3 is 5.97 Å². The molecule has 0 aromatic heterocycles. The van der Waals surface area contributed by atoms with E-state index in [0.29, 0.717) is 31.1 Å². The van der Waals surface area contributed by atoms with Crippen molar-refractivity contribution in [3.8, 4) is 0 Å². The number of aldehydes is 1. The Morgan fingerprint density at radius 2 is 1.95 bits per heavy atom. The van der Waals surface area contributed by atoms with E-state index in [0.717, 1.165) is 12.8 Å². The van der Waals surface area contributed by atoms with Crippen molar-refractivity contribution in [2.45, 2.75) is 38.5 Å². The topological polar surface area (TPSA) is 97.5 Å². The summed E-state index contributed by atoms with van der Waals surface area (Å²) < 4.78 is 0. The number of halogens is 1. The number of aliphatic carboxylic acids is 1. The molecule has 7 heteroatoms. The number of unbranched alkanes of at least 4 members (excludes halogenated alkanes) is 3. The summed E-state index contributed by atoms with van der Waals surface area (Å²) in [4.78, 5) is 31.7. The van der Waals surface area contributed by atoms with Crippen molar-refractivity contribution < 1.29 is 19.6 Å². The lowest BCUT2D eigenvalue weighted by atomic mass is 10.0. The lowest BCUT2D eigenvalue weighted by Crippen LogP contribution is -2.01. The molecule has 0 heterocycles. The highest BCUT2D eigenvalue weighted by atomic mass is 35.5. The van der Waals surface area contributed by atoms with Gasteiger partial charge in [-0.3, -0.25) is 19.7 Å². The molecule has 0 saturated heterocycles. The summed E-state index contributed by atoms with van der Waals surface area (Å²) >= 11 is 5.99. The van der Waals surface area contributed by atoms with Crippen molar-refractivity contribution >= 4 is 29.5 Å². The summed E-state index contributed by atoms with van der Waals surface area (Å²) in [7, 11) is 0. The van der Waals surface area contributed by atoms with E-state index in [1.54, 1.807) is 0 Å². The molecule has 1 rings (SSSR count). The highest BCUT2D eigenvalue weighted by Gasteiger charge is 2.21. The number of carboxylic acid groups (broad SMARTS) is 1. The molecule has 0 amide bonds. The van der Waals surface area contributed by atoms with Crippen molar-refractivity contribution in [2.75, 3.05) is 0 Å². The standard InChI is InChI=1S/C14H16ClNO5/c15-12-8-7-10(9-17)14(16(20)21)11(12)5-3-1-2-4-6-13(18)19/h7-9H,1-6H2,(H,18,19). The van der Waals surface area contributed by atoms with Crippen LogP contribution in [0.5, 0.6) is 0 Å². The summed E-state index contributed by atoms with van der Waals surface area (Å²) in [5.41, 5.74) is 0.151. The molecule has 0 aliphatic heterocycles. The molecule has 0 spiro atoms. The van der Waals surface area contributed by atoms with E-state index in [-0.39, 0.29) is 22.7 Å². The van der Waals surface area contributed by atoms with Crippen LogP contribution in [0.15, 0.2) is 12.1 Å². The number of hydrogen-bond donors (Lipinski definition) is 1. The summed E-state index contributed by atoms with van der Waals surface area (Å²) in [6, 6.07) is 2.82. The third-order valence-corrected chi connectivity index (χ3v) is 3.49. The van der Waals surface area contributed by atoms with Gasteiger partial charge in [0.1, 0.15) is 0 Å². The normalized spacial score (nSPS) is 10.3. The predicted molar refractivity (Wildman–Crippen MR) is 77.9 cm³/mol. The van der Waals surface area contributed by atoms with E-state index in [2.05, 4.69) is 0 Å². The average Bonchev–Trinajstić information content (AvgIpc) is 2.43. The summed E-state index contributed by atoms with van der Waals surface area (Å²) in [6.45, 7) is 0. The molecule has 0 bridgehead atoms. The van der Waals surface area contributed by atoms with Gasteiger partial charge in [0.15, 0.2) is 6.29 Å². The lowest BCUT2D eigenvalue weighted by Gasteiger charge is -2.07. The van der Waals surface area contributed by atoms with Crippen molar-refractivity contribution in [1.29, 1.82) is 0 Å². The molecule has 1 aromatic rings. The first-order valence-electron chi connectivity index (χ1n) is 6.60. The number of benzene rings is 1. The fourth-order valence-corrected chi connectivity index (χ4v) is 2.36. The Morgan fingerprint density at radius 1 is 1.29 bits per heavy atom. The second kappa shape index (κ2) is 8.36. The third-order valence-electron chi connectivity index (χ3n) is 3.13. The van der Waals surface area contributed by atoms with Crippen LogP contribution in [0.1, 0.15) is 48.0 Å². The zero-order valence-corrected chi connectivity index (χ0v) is 12.1. The fourth-order valence-electron chi connectivity index (χ4n) is 2.11. The number of nitrogens with zero attached hydrogens (tertiary/aromatic N) is 1. The number of carbonyl (C=O) groups excluding carboxylic acids is 1. The van der Waals surface area contributed by atoms with Crippen LogP contribution >= 0.6 is 11.6 Å². The van der Waals surface area contributed by atoms with Gasteiger partial charge in [-0.05, 0) is 31.4 Å². The molecule has 114 valence electrons. The maximum absolute atomic E-state index is 11.1. The van der Waals surface area contributed by atoms with Gasteiger partial charge in [-0.1, -0.05) is 24.4 Å². The average molecular weight is 314 g/mol. The quantitative estimate of drug-likeness (QED) is 0.325. The predicted octanol–water partition coefficient (Wildman–Crippen LogP) is 3.64. The Bertz CT molecular complexity index is 544. The van der Waals surface area contributed by atoms with E-state index < -0.39 is 10.9 Å². The van der Waals surface area contributed by atoms with E-state index in [1.807, 2.05) is 0 Å². The minimum absolute atomic E-state index is 0.0188. The Hall–Kier alpha value is -1.95. The number of nitro benzene ring substituents is 1. The number of rotatable bonds is 9. The van der Waals surface area contributed by atoms with Crippen LogP contribution in [0.25, 0.3) is 0 Å². The summed E-state index contributed by atoms with van der Waals surface area (Å²) in [5, 5.41) is 19.9. The SMILES string of the molecule is O=Cc1ccc(Cl)c(CCCCCCC(=O)O)c1[N+](=O)[O-]. The van der Waals surface area contributed by atoms with E-state index >= 15 is 0 Å². The fraction of sp³-hybridized carbons (Fsp3) is 0.429. The molecular weight excluding hydrogens is 298 g/mol. The smallest absolute Gasteiger partial charge is 0.303 e. The van der Waals surface area contributed by atoms with Crippen LogP contribution in [0.3, 0.4) is 0 Å². The molecule has 6 nitrogen and oxygen atoms in total. The molecule has 0 aliphatic rings. The Labute approximate surface area is 126 Å². The number of carboxylic acids is 1. The molecule has 0 radical (unpaired) electrons. The molecule has 0 atom stereocenters. The van der Waals surface area contributed by atoms with E-state index in [4.69, 9.17) is 16.7 Å². The number of nitro groups is 1. The first-order chi connectivity index (χ1) is 9.97. The summed E-state index contributed by atoms with van der Waals surface area (Å²) in [5.74, 6) is -0.827. The van der Waals surface area contributed by atoms with Gasteiger partial charge in [-0.25, -0.2) is 0 Å². The zero-order valence-electron chi connectivity index (χ0n) is 11.4. The lowest BCUT2D eigenvalue weighted by molar-refractivity contribution is -0.385. The van der Waals surface area contributed by atoms with Crippen LogP contribution < -0.4 is 0 Å². The summed E-state index contributed by atoms with van der Waals surface area (Å²) in [6.07, 6.45) is 3.70. The van der Waals surface area contributed by atoms with E-state index in [1.165, 1.54) is 12.1 Å². The van der Waals surface area contributed by atoms with Crippen LogP contribution in [0.4, 0.5) is 5.69 Å². The van der Waals surface area contributed by atoms with Gasteiger partial charge in [0, 0.05) is 12.0 Å². The first-order valence-corrected chi connectivity index (χ1v) is 6.98. The molecule has 0 aliphatic carbocycles. The van der Waals surface area contributed by atoms with Crippen molar-refractivity contribution in [1.82, 2.24) is 0 Å². The highest BCUT2D eigenvalue weighted by molar-refractivity contribution is 6.31. The minimum Gasteiger partial charge on any atom is -0.481 e. The van der Waals surface area contributed by atoms with Crippen LogP contribution in [0, 0.1) is 10.1 Å².